The third-order valence-electron chi connectivity index (χ3n) is 4.32. The number of hydrogen-bond acceptors (Lipinski definition) is 4. The fourth-order valence-corrected chi connectivity index (χ4v) is 3.08. The van der Waals surface area contributed by atoms with Gasteiger partial charge < -0.3 is 10.2 Å². The van der Waals surface area contributed by atoms with Crippen molar-refractivity contribution in [3.8, 4) is 0 Å². The summed E-state index contributed by atoms with van der Waals surface area (Å²) in [7, 11) is 0. The summed E-state index contributed by atoms with van der Waals surface area (Å²) < 4.78 is 0. The first-order valence-electron chi connectivity index (χ1n) is 8.13. The fourth-order valence-electron chi connectivity index (χ4n) is 2.91. The Hall–Kier alpha value is -0.840. The van der Waals surface area contributed by atoms with Gasteiger partial charge in [0.1, 0.15) is 5.82 Å². The van der Waals surface area contributed by atoms with E-state index in [0.29, 0.717) is 0 Å². The summed E-state index contributed by atoms with van der Waals surface area (Å²) in [5, 5.41) is 4.14. The second kappa shape index (κ2) is 6.95. The number of hydrogen-bond donors (Lipinski definition) is 1. The van der Waals surface area contributed by atoms with Gasteiger partial charge in [-0.05, 0) is 37.9 Å². The van der Waals surface area contributed by atoms with E-state index in [9.17, 15) is 0 Å². The van der Waals surface area contributed by atoms with E-state index >= 15 is 0 Å². The average Bonchev–Trinajstić information content (AvgIpc) is 3.34. The highest BCUT2D eigenvalue weighted by molar-refractivity contribution is 6.31. The summed E-state index contributed by atoms with van der Waals surface area (Å²) in [6.07, 6.45) is 3.92. The third kappa shape index (κ3) is 3.87. The highest BCUT2D eigenvalue weighted by atomic mass is 35.5. The van der Waals surface area contributed by atoms with Crippen LogP contribution in [0.15, 0.2) is 12.1 Å². The molecule has 0 spiro atoms. The number of halogens is 1. The molecular formula is C16H25ClN4. The first-order chi connectivity index (χ1) is 10.3. The first-order valence-corrected chi connectivity index (χ1v) is 8.51. The first kappa shape index (κ1) is 15.1. The maximum Gasteiger partial charge on any atom is 0.129 e. The smallest absolute Gasteiger partial charge is 0.129 e. The van der Waals surface area contributed by atoms with E-state index < -0.39 is 0 Å². The lowest BCUT2D eigenvalue weighted by Crippen LogP contribution is -2.47. The van der Waals surface area contributed by atoms with Crippen molar-refractivity contribution >= 4 is 17.4 Å². The Morgan fingerprint density at radius 3 is 2.67 bits per heavy atom. The summed E-state index contributed by atoms with van der Waals surface area (Å²) in [6.45, 7) is 8.40. The zero-order valence-corrected chi connectivity index (χ0v) is 13.6. The number of piperazine rings is 1. The maximum atomic E-state index is 6.26. The molecule has 1 saturated heterocycles. The van der Waals surface area contributed by atoms with Gasteiger partial charge in [0.15, 0.2) is 0 Å². The monoisotopic (exact) mass is 308 g/mol. The van der Waals surface area contributed by atoms with Crippen LogP contribution in [0.3, 0.4) is 0 Å². The summed E-state index contributed by atoms with van der Waals surface area (Å²) in [6, 6.07) is 4.91. The highest BCUT2D eigenvalue weighted by Gasteiger charge is 2.31. The van der Waals surface area contributed by atoms with Gasteiger partial charge in [0.05, 0.1) is 10.7 Å². The number of aromatic nitrogens is 1. The molecule has 0 atom stereocenters. The van der Waals surface area contributed by atoms with Crippen LogP contribution >= 0.6 is 11.6 Å². The van der Waals surface area contributed by atoms with Crippen LogP contribution in [0.2, 0.25) is 5.02 Å². The molecule has 0 aromatic carbocycles. The molecule has 1 aromatic rings. The number of nitrogens with one attached hydrogen (secondary N) is 1. The molecule has 21 heavy (non-hydrogen) atoms. The van der Waals surface area contributed by atoms with E-state index in [1.165, 1.54) is 25.9 Å². The van der Waals surface area contributed by atoms with Gasteiger partial charge in [-0.15, -0.1) is 0 Å². The lowest BCUT2D eigenvalue weighted by molar-refractivity contribution is 0.247. The van der Waals surface area contributed by atoms with Gasteiger partial charge in [-0.2, -0.15) is 0 Å². The van der Waals surface area contributed by atoms with Crippen LogP contribution in [0, 0.1) is 0 Å². The molecule has 116 valence electrons. The number of anilines is 1. The van der Waals surface area contributed by atoms with Gasteiger partial charge >= 0.3 is 0 Å². The molecule has 2 aliphatic rings. The summed E-state index contributed by atoms with van der Waals surface area (Å²) >= 11 is 6.26. The molecule has 4 nitrogen and oxygen atoms in total. The van der Waals surface area contributed by atoms with E-state index in [0.717, 1.165) is 55.2 Å². The Morgan fingerprint density at radius 1 is 1.24 bits per heavy atom. The van der Waals surface area contributed by atoms with Gasteiger partial charge in [0, 0.05) is 38.8 Å². The van der Waals surface area contributed by atoms with Crippen molar-refractivity contribution < 1.29 is 0 Å². The minimum absolute atomic E-state index is 0.753. The van der Waals surface area contributed by atoms with Crippen LogP contribution in [0.1, 0.15) is 31.9 Å². The lowest BCUT2D eigenvalue weighted by atomic mass is 10.2. The van der Waals surface area contributed by atoms with Crippen LogP contribution in [0.4, 0.5) is 5.82 Å². The van der Waals surface area contributed by atoms with Crippen LogP contribution in [0.5, 0.6) is 0 Å². The molecule has 0 unspecified atom stereocenters. The van der Waals surface area contributed by atoms with Crippen molar-refractivity contribution in [2.75, 3.05) is 37.6 Å². The Bertz CT molecular complexity index is 467. The number of rotatable bonds is 6. The Kier molecular flexibility index (Phi) is 4.99. The highest BCUT2D eigenvalue weighted by Crippen LogP contribution is 2.28. The molecule has 2 heterocycles. The zero-order chi connectivity index (χ0) is 14.7. The van der Waals surface area contributed by atoms with Crippen LogP contribution in [-0.4, -0.2) is 48.6 Å². The standard InChI is InChI=1S/C16H25ClN4/c1-2-7-18-12-15-14(17)5-6-16(19-15)21-10-8-20(9-11-21)13-3-4-13/h5-6,13,18H,2-4,7-12H2,1H3. The van der Waals surface area contributed by atoms with E-state index in [1.807, 2.05) is 6.07 Å². The van der Waals surface area contributed by atoms with Crippen LogP contribution in [0.25, 0.3) is 0 Å². The van der Waals surface area contributed by atoms with E-state index in [1.54, 1.807) is 0 Å². The zero-order valence-electron chi connectivity index (χ0n) is 12.8. The summed E-state index contributed by atoms with van der Waals surface area (Å²) in [5.41, 5.74) is 0.965. The van der Waals surface area contributed by atoms with E-state index in [4.69, 9.17) is 16.6 Å². The van der Waals surface area contributed by atoms with E-state index in [-0.39, 0.29) is 0 Å². The Morgan fingerprint density at radius 2 is 2.00 bits per heavy atom. The minimum atomic E-state index is 0.753. The van der Waals surface area contributed by atoms with Gasteiger partial charge in [0.25, 0.3) is 0 Å². The molecule has 2 fully saturated rings. The molecule has 0 amide bonds. The van der Waals surface area contributed by atoms with Gasteiger partial charge in [-0.25, -0.2) is 4.98 Å². The quantitative estimate of drug-likeness (QED) is 0.818. The van der Waals surface area contributed by atoms with Crippen molar-refractivity contribution in [3.63, 3.8) is 0 Å². The topological polar surface area (TPSA) is 31.4 Å². The fraction of sp³-hybridized carbons (Fsp3) is 0.688. The predicted molar refractivity (Wildman–Crippen MR) is 88.1 cm³/mol. The van der Waals surface area contributed by atoms with Crippen molar-refractivity contribution in [2.45, 2.75) is 38.8 Å². The molecule has 1 N–H and O–H groups in total. The Labute approximate surface area is 132 Å². The molecule has 5 heteroatoms. The van der Waals surface area contributed by atoms with Gasteiger partial charge in [-0.3, -0.25) is 4.90 Å². The minimum Gasteiger partial charge on any atom is -0.354 e. The van der Waals surface area contributed by atoms with Gasteiger partial charge in [0.2, 0.25) is 0 Å². The summed E-state index contributed by atoms with van der Waals surface area (Å²) in [4.78, 5) is 9.77. The number of pyridine rings is 1. The number of nitrogens with zero attached hydrogens (tertiary/aromatic N) is 3. The molecule has 1 saturated carbocycles. The average molecular weight is 309 g/mol. The molecule has 1 aliphatic carbocycles. The normalized spacial score (nSPS) is 20.0. The van der Waals surface area contributed by atoms with Crippen molar-refractivity contribution in [1.29, 1.82) is 0 Å². The van der Waals surface area contributed by atoms with Crippen molar-refractivity contribution in [3.05, 3.63) is 22.8 Å². The SMILES string of the molecule is CCCNCc1nc(N2CCN(C3CC3)CC2)ccc1Cl. The lowest BCUT2D eigenvalue weighted by Gasteiger charge is -2.35. The largest absolute Gasteiger partial charge is 0.354 e. The Balaban J connectivity index is 1.60. The molecule has 1 aliphatic heterocycles. The molecule has 3 rings (SSSR count). The molecule has 0 radical (unpaired) electrons. The van der Waals surface area contributed by atoms with Crippen molar-refractivity contribution in [2.24, 2.45) is 0 Å². The van der Waals surface area contributed by atoms with E-state index in [2.05, 4.69) is 28.1 Å². The van der Waals surface area contributed by atoms with Crippen molar-refractivity contribution in [1.82, 2.24) is 15.2 Å². The second-order valence-electron chi connectivity index (χ2n) is 6.03. The molecule has 0 bridgehead atoms. The maximum absolute atomic E-state index is 6.26. The van der Waals surface area contributed by atoms with Crippen LogP contribution < -0.4 is 10.2 Å². The predicted octanol–water partition coefficient (Wildman–Crippen LogP) is 2.52. The second-order valence-corrected chi connectivity index (χ2v) is 6.44. The van der Waals surface area contributed by atoms with Crippen LogP contribution in [-0.2, 0) is 6.54 Å². The molecular weight excluding hydrogens is 284 g/mol. The van der Waals surface area contributed by atoms with Gasteiger partial charge in [-0.1, -0.05) is 18.5 Å². The molecule has 1 aromatic heterocycles. The third-order valence-corrected chi connectivity index (χ3v) is 4.67. The summed E-state index contributed by atoms with van der Waals surface area (Å²) in [5.74, 6) is 1.07.